The van der Waals surface area contributed by atoms with Crippen LogP contribution in [0.5, 0.6) is 0 Å². The van der Waals surface area contributed by atoms with Crippen LogP contribution in [0.2, 0.25) is 0 Å². The normalized spacial score (nSPS) is 11.6. The Morgan fingerprint density at radius 1 is 0.298 bits per heavy atom. The summed E-state index contributed by atoms with van der Waals surface area (Å²) in [4.78, 5) is 15.0. The lowest BCUT2D eigenvalue weighted by atomic mass is 10.0. The summed E-state index contributed by atoms with van der Waals surface area (Å²) in [5, 5.41) is 4.90. The van der Waals surface area contributed by atoms with Gasteiger partial charge in [-0.1, -0.05) is 133 Å². The first-order valence-electron chi connectivity index (χ1n) is 19.3. The molecule has 3 heterocycles. The van der Waals surface area contributed by atoms with E-state index >= 15 is 0 Å². The number of para-hydroxylation sites is 2. The number of hydrogen-bond donors (Lipinski definition) is 0. The second kappa shape index (κ2) is 13.3. The van der Waals surface area contributed by atoms with Crippen molar-refractivity contribution >= 4 is 43.6 Å². The Hall–Kier alpha value is -7.63. The van der Waals surface area contributed by atoms with Crippen LogP contribution in [0.1, 0.15) is 5.56 Å². The van der Waals surface area contributed by atoms with Crippen molar-refractivity contribution in [2.75, 3.05) is 0 Å². The van der Waals surface area contributed by atoms with E-state index < -0.39 is 0 Å². The van der Waals surface area contributed by atoms with E-state index in [9.17, 15) is 0 Å². The number of benzene rings is 8. The molecule has 8 aromatic carbocycles. The van der Waals surface area contributed by atoms with E-state index in [1.54, 1.807) is 0 Å². The molecule has 0 bridgehead atoms. The van der Waals surface area contributed by atoms with E-state index in [-0.39, 0.29) is 0 Å². The second-order valence-corrected chi connectivity index (χ2v) is 14.6. The summed E-state index contributed by atoms with van der Waals surface area (Å²) in [5.74, 6) is 1.92. The monoisotopic (exact) mass is 729 g/mol. The Balaban J connectivity index is 1.04. The molecule has 3 aromatic heterocycles. The van der Waals surface area contributed by atoms with Crippen molar-refractivity contribution in [3.8, 4) is 56.7 Å². The van der Waals surface area contributed by atoms with Crippen molar-refractivity contribution < 1.29 is 0 Å². The maximum Gasteiger partial charge on any atom is 0.164 e. The molecular formula is C52H35N5. The third-order valence-electron chi connectivity index (χ3n) is 11.0. The summed E-state index contributed by atoms with van der Waals surface area (Å²) >= 11 is 0. The van der Waals surface area contributed by atoms with Crippen LogP contribution in [-0.2, 0) is 0 Å². The fraction of sp³-hybridized carbons (Fsp3) is 0.0192. The van der Waals surface area contributed by atoms with Gasteiger partial charge in [0.25, 0.3) is 0 Å². The van der Waals surface area contributed by atoms with Crippen LogP contribution in [0.4, 0.5) is 0 Å². The third kappa shape index (κ3) is 5.59. The summed E-state index contributed by atoms with van der Waals surface area (Å²) in [6.07, 6.45) is 0. The molecule has 0 saturated carbocycles. The van der Waals surface area contributed by atoms with Crippen LogP contribution in [0.15, 0.2) is 194 Å². The topological polar surface area (TPSA) is 48.5 Å². The molecular weight excluding hydrogens is 695 g/mol. The van der Waals surface area contributed by atoms with Gasteiger partial charge in [-0.15, -0.1) is 0 Å². The molecule has 0 aliphatic carbocycles. The molecule has 268 valence electrons. The Morgan fingerprint density at radius 3 is 1.25 bits per heavy atom. The van der Waals surface area contributed by atoms with Gasteiger partial charge in [-0.05, 0) is 84.3 Å². The van der Waals surface area contributed by atoms with Crippen molar-refractivity contribution in [1.82, 2.24) is 24.1 Å². The number of nitrogens with zero attached hydrogens (tertiary/aromatic N) is 5. The molecule has 0 amide bonds. The SMILES string of the molecule is Cc1cccc(-n2c3ccccc3c3cc(-c4ccc5c(c4)c4ccccc4n5-c4cccc(-c5nc(-c6ccccc6)nc(-c6ccccc6)n5)c4)ccc32)c1. The molecule has 0 aliphatic rings. The molecule has 5 heteroatoms. The Kier molecular flexibility index (Phi) is 7.64. The van der Waals surface area contributed by atoms with E-state index in [1.807, 2.05) is 60.7 Å². The van der Waals surface area contributed by atoms with Crippen LogP contribution in [0.3, 0.4) is 0 Å². The zero-order valence-corrected chi connectivity index (χ0v) is 31.2. The predicted octanol–water partition coefficient (Wildman–Crippen LogP) is 13.0. The highest BCUT2D eigenvalue weighted by molar-refractivity contribution is 6.12. The molecule has 5 nitrogen and oxygen atoms in total. The van der Waals surface area contributed by atoms with Gasteiger partial charge in [0.15, 0.2) is 17.5 Å². The van der Waals surface area contributed by atoms with Gasteiger partial charge in [0.1, 0.15) is 0 Å². The first-order valence-corrected chi connectivity index (χ1v) is 19.3. The molecule has 0 radical (unpaired) electrons. The average Bonchev–Trinajstić information content (AvgIpc) is 3.79. The van der Waals surface area contributed by atoms with E-state index in [0.29, 0.717) is 17.5 Å². The molecule has 0 spiro atoms. The molecule has 0 atom stereocenters. The maximum atomic E-state index is 5.02. The van der Waals surface area contributed by atoms with Gasteiger partial charge in [0, 0.05) is 49.6 Å². The zero-order valence-electron chi connectivity index (χ0n) is 31.2. The highest BCUT2D eigenvalue weighted by Gasteiger charge is 2.18. The highest BCUT2D eigenvalue weighted by Crippen LogP contribution is 2.39. The Morgan fingerprint density at radius 2 is 0.719 bits per heavy atom. The minimum absolute atomic E-state index is 0.631. The molecule has 0 saturated heterocycles. The largest absolute Gasteiger partial charge is 0.309 e. The average molecular weight is 730 g/mol. The van der Waals surface area contributed by atoms with Crippen molar-refractivity contribution in [3.63, 3.8) is 0 Å². The first-order chi connectivity index (χ1) is 28.2. The minimum atomic E-state index is 0.631. The lowest BCUT2D eigenvalue weighted by Gasteiger charge is -2.12. The van der Waals surface area contributed by atoms with Gasteiger partial charge in [0.2, 0.25) is 0 Å². The van der Waals surface area contributed by atoms with Gasteiger partial charge in [-0.25, -0.2) is 15.0 Å². The summed E-state index contributed by atoms with van der Waals surface area (Å²) in [6.45, 7) is 2.15. The molecule has 11 aromatic rings. The van der Waals surface area contributed by atoms with Crippen LogP contribution in [-0.4, -0.2) is 24.1 Å². The minimum Gasteiger partial charge on any atom is -0.309 e. The summed E-state index contributed by atoms with van der Waals surface area (Å²) in [6, 6.07) is 68.7. The molecule has 11 rings (SSSR count). The molecule has 57 heavy (non-hydrogen) atoms. The smallest absolute Gasteiger partial charge is 0.164 e. The lowest BCUT2D eigenvalue weighted by molar-refractivity contribution is 1.07. The molecule has 0 unspecified atom stereocenters. The van der Waals surface area contributed by atoms with Gasteiger partial charge < -0.3 is 9.13 Å². The Labute approximate surface area is 329 Å². The van der Waals surface area contributed by atoms with Gasteiger partial charge in [-0.3, -0.25) is 0 Å². The van der Waals surface area contributed by atoms with E-state index in [0.717, 1.165) is 33.4 Å². The van der Waals surface area contributed by atoms with Crippen LogP contribution in [0.25, 0.3) is 100 Å². The molecule has 0 aliphatic heterocycles. The molecule has 0 fully saturated rings. The Bertz CT molecular complexity index is 3250. The maximum absolute atomic E-state index is 5.02. The van der Waals surface area contributed by atoms with Gasteiger partial charge in [0.05, 0.1) is 22.1 Å². The van der Waals surface area contributed by atoms with Crippen LogP contribution >= 0.6 is 0 Å². The van der Waals surface area contributed by atoms with E-state index in [1.165, 1.54) is 55.0 Å². The lowest BCUT2D eigenvalue weighted by Crippen LogP contribution is -2.01. The van der Waals surface area contributed by atoms with Gasteiger partial charge >= 0.3 is 0 Å². The van der Waals surface area contributed by atoms with E-state index in [4.69, 9.17) is 15.0 Å². The van der Waals surface area contributed by atoms with Crippen molar-refractivity contribution in [3.05, 3.63) is 200 Å². The van der Waals surface area contributed by atoms with Crippen LogP contribution < -0.4 is 0 Å². The number of fused-ring (bicyclic) bond motifs is 6. The van der Waals surface area contributed by atoms with Crippen molar-refractivity contribution in [1.29, 1.82) is 0 Å². The zero-order chi connectivity index (χ0) is 37.9. The predicted molar refractivity (Wildman–Crippen MR) is 235 cm³/mol. The number of rotatable bonds is 6. The number of aryl methyl sites for hydroxylation is 1. The second-order valence-electron chi connectivity index (χ2n) is 14.6. The highest BCUT2D eigenvalue weighted by atomic mass is 15.0. The summed E-state index contributed by atoms with van der Waals surface area (Å²) in [5.41, 5.74) is 13.3. The van der Waals surface area contributed by atoms with Crippen LogP contribution in [0, 0.1) is 6.92 Å². The standard InChI is InChI=1S/C52H35N5/c1-34-14-12-20-40(30-34)56-46-24-10-8-22-42(46)44-32-37(26-28-48(44)56)38-27-29-49-45(33-38)43-23-9-11-25-47(43)57(49)41-21-13-19-39(31-41)52-54-50(35-15-4-2-5-16-35)53-51(55-52)36-17-6-3-7-18-36/h2-33H,1H3. The first kappa shape index (κ1) is 32.8. The quantitative estimate of drug-likeness (QED) is 0.171. The summed E-state index contributed by atoms with van der Waals surface area (Å²) < 4.78 is 4.74. The van der Waals surface area contributed by atoms with E-state index in [2.05, 4.69) is 150 Å². The number of aromatic nitrogens is 5. The molecule has 0 N–H and O–H groups in total. The fourth-order valence-corrected chi connectivity index (χ4v) is 8.35. The number of hydrogen-bond acceptors (Lipinski definition) is 3. The van der Waals surface area contributed by atoms with Crippen molar-refractivity contribution in [2.24, 2.45) is 0 Å². The van der Waals surface area contributed by atoms with Crippen molar-refractivity contribution in [2.45, 2.75) is 6.92 Å². The summed E-state index contributed by atoms with van der Waals surface area (Å²) in [7, 11) is 0. The fourth-order valence-electron chi connectivity index (χ4n) is 8.35. The van der Waals surface area contributed by atoms with Gasteiger partial charge in [-0.2, -0.15) is 0 Å². The third-order valence-corrected chi connectivity index (χ3v) is 11.0.